The second kappa shape index (κ2) is 7.27. The van der Waals surface area contributed by atoms with Crippen molar-refractivity contribution < 1.29 is 28.8 Å². The molecule has 2 nitrogen and oxygen atoms in total. The molecule has 0 N–H and O–H groups in total. The zero-order valence-corrected chi connectivity index (χ0v) is 8.12. The summed E-state index contributed by atoms with van der Waals surface area (Å²) in [6.45, 7) is 0. The number of aliphatic carboxylic acids is 1. The van der Waals surface area contributed by atoms with Gasteiger partial charge in [-0.05, 0) is 17.9 Å². The topological polar surface area (TPSA) is 40.1 Å². The number of carboxylic acids is 1. The average Bonchev–Trinajstić information content (AvgIpc) is 2.14. The van der Waals surface area contributed by atoms with Gasteiger partial charge >= 0.3 is 18.9 Å². The Hall–Kier alpha value is -1.15. The second-order valence-corrected chi connectivity index (χ2v) is 2.57. The summed E-state index contributed by atoms with van der Waals surface area (Å²) >= 11 is 0. The number of benzene rings is 1. The molecule has 0 saturated carbocycles. The molecule has 1 rings (SSSR count). The van der Waals surface area contributed by atoms with Gasteiger partial charge in [-0.15, -0.1) is 0 Å². The molecule has 0 spiro atoms. The van der Waals surface area contributed by atoms with Crippen molar-refractivity contribution in [1.29, 1.82) is 0 Å². The van der Waals surface area contributed by atoms with Crippen LogP contribution in [0.15, 0.2) is 30.3 Å². The standard InChI is InChI=1S/C11H10O2.Li/c12-11(13)9-5-4-8-10-6-2-1-3-7-10;/h1-3,6-7H,4,8H2,(H,12,13);/q;+1/p-1. The van der Waals surface area contributed by atoms with E-state index in [1.807, 2.05) is 36.3 Å². The number of carbonyl (C=O) groups is 1. The van der Waals surface area contributed by atoms with Gasteiger partial charge in [0.15, 0.2) is 0 Å². The zero-order valence-electron chi connectivity index (χ0n) is 8.12. The van der Waals surface area contributed by atoms with E-state index in [0.29, 0.717) is 6.42 Å². The summed E-state index contributed by atoms with van der Waals surface area (Å²) in [6, 6.07) is 9.81. The summed E-state index contributed by atoms with van der Waals surface area (Å²) in [4.78, 5) is 9.93. The maximum atomic E-state index is 9.93. The Bertz CT molecular complexity index is 335. The van der Waals surface area contributed by atoms with E-state index >= 15 is 0 Å². The van der Waals surface area contributed by atoms with E-state index in [-0.39, 0.29) is 18.9 Å². The van der Waals surface area contributed by atoms with Crippen molar-refractivity contribution in [1.82, 2.24) is 0 Å². The normalized spacial score (nSPS) is 8.00. The number of carbonyl (C=O) groups excluding carboxylic acids is 1. The Labute approximate surface area is 95.5 Å². The fourth-order valence-corrected chi connectivity index (χ4v) is 0.986. The van der Waals surface area contributed by atoms with Crippen molar-refractivity contribution in [3.63, 3.8) is 0 Å². The van der Waals surface area contributed by atoms with Crippen LogP contribution in [0.3, 0.4) is 0 Å². The summed E-state index contributed by atoms with van der Waals surface area (Å²) in [5, 5.41) is 9.93. The predicted octanol–water partition coefficient (Wildman–Crippen LogP) is -2.62. The summed E-state index contributed by atoms with van der Waals surface area (Å²) in [6.07, 6.45) is 1.33. The molecule has 0 bridgehead atoms. The molecule has 14 heavy (non-hydrogen) atoms. The van der Waals surface area contributed by atoms with Crippen LogP contribution in [-0.4, -0.2) is 5.97 Å². The van der Waals surface area contributed by atoms with Crippen LogP contribution in [0.5, 0.6) is 0 Å². The molecule has 0 aliphatic heterocycles. The molecule has 0 atom stereocenters. The van der Waals surface area contributed by atoms with Gasteiger partial charge in [0.2, 0.25) is 0 Å². The SMILES string of the molecule is O=C([O-])C#CCCc1ccccc1.[Li+]. The van der Waals surface area contributed by atoms with Crippen LogP contribution in [0.25, 0.3) is 0 Å². The van der Waals surface area contributed by atoms with Crippen LogP contribution >= 0.6 is 0 Å². The monoisotopic (exact) mass is 180 g/mol. The molecule has 0 radical (unpaired) electrons. The molecular formula is C11H9LiO2. The van der Waals surface area contributed by atoms with Crippen molar-refractivity contribution in [2.75, 3.05) is 0 Å². The van der Waals surface area contributed by atoms with Crippen molar-refractivity contribution >= 4 is 5.97 Å². The molecule has 0 unspecified atom stereocenters. The molecule has 0 heterocycles. The van der Waals surface area contributed by atoms with Gasteiger partial charge in [-0.1, -0.05) is 36.3 Å². The second-order valence-electron chi connectivity index (χ2n) is 2.57. The zero-order chi connectivity index (χ0) is 9.52. The quantitative estimate of drug-likeness (QED) is 0.369. The van der Waals surface area contributed by atoms with Crippen molar-refractivity contribution in [3.05, 3.63) is 35.9 Å². The van der Waals surface area contributed by atoms with Gasteiger partial charge in [0, 0.05) is 6.42 Å². The first kappa shape index (κ1) is 12.8. The van der Waals surface area contributed by atoms with Gasteiger partial charge in [-0.2, -0.15) is 0 Å². The maximum absolute atomic E-state index is 9.93. The summed E-state index contributed by atoms with van der Waals surface area (Å²) in [5.41, 5.74) is 1.16. The Morgan fingerprint density at radius 1 is 1.29 bits per heavy atom. The molecule has 0 amide bonds. The van der Waals surface area contributed by atoms with E-state index in [9.17, 15) is 9.90 Å². The van der Waals surface area contributed by atoms with E-state index in [1.54, 1.807) is 0 Å². The molecule has 3 heteroatoms. The Morgan fingerprint density at radius 2 is 1.93 bits per heavy atom. The molecule has 0 aromatic heterocycles. The maximum Gasteiger partial charge on any atom is 1.00 e. The van der Waals surface area contributed by atoms with Crippen LogP contribution in [0.4, 0.5) is 0 Å². The van der Waals surface area contributed by atoms with E-state index in [4.69, 9.17) is 0 Å². The minimum atomic E-state index is -1.31. The molecule has 66 valence electrons. The van der Waals surface area contributed by atoms with Crippen molar-refractivity contribution in [3.8, 4) is 11.8 Å². The third-order valence-electron chi connectivity index (χ3n) is 1.57. The Kier molecular flexibility index (Phi) is 6.67. The molecule has 0 saturated heterocycles. The van der Waals surface area contributed by atoms with Crippen LogP contribution in [-0.2, 0) is 11.2 Å². The molecule has 1 aromatic carbocycles. The number of aryl methyl sites for hydroxylation is 1. The summed E-state index contributed by atoms with van der Waals surface area (Å²) in [5.74, 6) is 3.18. The molecule has 0 aliphatic carbocycles. The number of carboxylic acid groups (broad SMARTS) is 1. The van der Waals surface area contributed by atoms with Crippen molar-refractivity contribution in [2.45, 2.75) is 12.8 Å². The van der Waals surface area contributed by atoms with Crippen molar-refractivity contribution in [2.24, 2.45) is 0 Å². The molecule has 1 aromatic rings. The first-order valence-corrected chi connectivity index (χ1v) is 4.03. The first-order chi connectivity index (χ1) is 6.29. The van der Waals surface area contributed by atoms with Gasteiger partial charge in [0.05, 0.1) is 0 Å². The Balaban J connectivity index is 0.00000169. The average molecular weight is 180 g/mol. The molecule has 0 aliphatic rings. The smallest absolute Gasteiger partial charge is 0.537 e. The largest absolute Gasteiger partial charge is 1.00 e. The number of rotatable bonds is 2. The number of hydrogen-bond donors (Lipinski definition) is 0. The Morgan fingerprint density at radius 3 is 2.50 bits per heavy atom. The third-order valence-corrected chi connectivity index (χ3v) is 1.57. The van der Waals surface area contributed by atoms with Crippen LogP contribution in [0.2, 0.25) is 0 Å². The van der Waals surface area contributed by atoms with E-state index in [1.165, 1.54) is 0 Å². The predicted molar refractivity (Wildman–Crippen MR) is 47.5 cm³/mol. The van der Waals surface area contributed by atoms with Gasteiger partial charge in [0.25, 0.3) is 0 Å². The fraction of sp³-hybridized carbons (Fsp3) is 0.182. The van der Waals surface area contributed by atoms with E-state index in [0.717, 1.165) is 12.0 Å². The molecular weight excluding hydrogens is 171 g/mol. The molecule has 0 fully saturated rings. The van der Waals surface area contributed by atoms with Crippen LogP contribution in [0, 0.1) is 11.8 Å². The summed E-state index contributed by atoms with van der Waals surface area (Å²) in [7, 11) is 0. The van der Waals surface area contributed by atoms with Crippen LogP contribution in [0.1, 0.15) is 12.0 Å². The minimum absolute atomic E-state index is 0. The van der Waals surface area contributed by atoms with E-state index in [2.05, 4.69) is 5.92 Å². The first-order valence-electron chi connectivity index (χ1n) is 4.03. The van der Waals surface area contributed by atoms with E-state index < -0.39 is 5.97 Å². The van der Waals surface area contributed by atoms with Gasteiger partial charge in [0.1, 0.15) is 5.97 Å². The number of hydrogen-bond acceptors (Lipinski definition) is 2. The minimum Gasteiger partial charge on any atom is -0.537 e. The summed E-state index contributed by atoms with van der Waals surface area (Å²) < 4.78 is 0. The van der Waals surface area contributed by atoms with Crippen LogP contribution < -0.4 is 24.0 Å². The third kappa shape index (κ3) is 5.49. The fourth-order valence-electron chi connectivity index (χ4n) is 0.986. The van der Waals surface area contributed by atoms with Gasteiger partial charge in [-0.25, -0.2) is 0 Å². The van der Waals surface area contributed by atoms with Gasteiger partial charge < -0.3 is 9.90 Å². The van der Waals surface area contributed by atoms with Gasteiger partial charge in [-0.3, -0.25) is 0 Å².